The van der Waals surface area contributed by atoms with Crippen LogP contribution >= 0.6 is 15.9 Å². The minimum atomic E-state index is -0.293. The maximum absolute atomic E-state index is 13.4. The van der Waals surface area contributed by atoms with E-state index in [4.69, 9.17) is 0 Å². The molecule has 0 bridgehead atoms. The minimum absolute atomic E-state index is 0.293. The Morgan fingerprint density at radius 3 is 2.76 bits per heavy atom. The van der Waals surface area contributed by atoms with Gasteiger partial charge in [-0.1, -0.05) is 19.1 Å². The van der Waals surface area contributed by atoms with Crippen LogP contribution in [0.4, 0.5) is 4.39 Å². The quantitative estimate of drug-likeness (QED) is 0.804. The van der Waals surface area contributed by atoms with Gasteiger partial charge in [0.15, 0.2) is 0 Å². The van der Waals surface area contributed by atoms with Crippen LogP contribution in [0.15, 0.2) is 16.6 Å². The fourth-order valence-corrected chi connectivity index (χ4v) is 2.92. The highest BCUT2D eigenvalue weighted by atomic mass is 79.9. The average Bonchev–Trinajstić information content (AvgIpc) is 2.58. The van der Waals surface area contributed by atoms with Crippen molar-refractivity contribution in [2.75, 3.05) is 0 Å². The molecular formula is C12H13BrFN3. The Morgan fingerprint density at radius 2 is 2.12 bits per heavy atom. The van der Waals surface area contributed by atoms with E-state index in [1.165, 1.54) is 6.07 Å². The summed E-state index contributed by atoms with van der Waals surface area (Å²) in [5, 5.41) is 8.17. The number of halogens is 2. The van der Waals surface area contributed by atoms with Crippen LogP contribution in [-0.4, -0.2) is 15.0 Å². The van der Waals surface area contributed by atoms with Gasteiger partial charge < -0.3 is 0 Å². The SMILES string of the molecule is CC1(C)CC(n2nnc3cc(F)c(Br)cc32)C1. The second-order valence-electron chi connectivity index (χ2n) is 5.52. The van der Waals surface area contributed by atoms with Gasteiger partial charge in [0.25, 0.3) is 0 Å². The van der Waals surface area contributed by atoms with Crippen molar-refractivity contribution >= 4 is 27.0 Å². The maximum atomic E-state index is 13.4. The summed E-state index contributed by atoms with van der Waals surface area (Å²) in [4.78, 5) is 0. The number of benzene rings is 1. The van der Waals surface area contributed by atoms with Gasteiger partial charge in [-0.15, -0.1) is 5.10 Å². The zero-order chi connectivity index (χ0) is 12.2. The van der Waals surface area contributed by atoms with Crippen LogP contribution in [0, 0.1) is 11.2 Å². The lowest BCUT2D eigenvalue weighted by Gasteiger charge is -2.42. The van der Waals surface area contributed by atoms with Crippen molar-refractivity contribution in [3.05, 3.63) is 22.4 Å². The van der Waals surface area contributed by atoms with E-state index in [0.29, 0.717) is 21.4 Å². The highest BCUT2D eigenvalue weighted by molar-refractivity contribution is 9.10. The molecule has 1 aliphatic rings. The number of rotatable bonds is 1. The maximum Gasteiger partial charge on any atom is 0.139 e. The second kappa shape index (κ2) is 3.51. The Balaban J connectivity index is 2.04. The number of hydrogen-bond acceptors (Lipinski definition) is 2. The van der Waals surface area contributed by atoms with E-state index in [9.17, 15) is 4.39 Å². The molecule has 0 N–H and O–H groups in total. The average molecular weight is 298 g/mol. The van der Waals surface area contributed by atoms with Crippen molar-refractivity contribution in [3.63, 3.8) is 0 Å². The smallest absolute Gasteiger partial charge is 0.139 e. The van der Waals surface area contributed by atoms with Gasteiger partial charge >= 0.3 is 0 Å². The molecule has 1 heterocycles. The molecule has 3 nitrogen and oxygen atoms in total. The number of hydrogen-bond donors (Lipinski definition) is 0. The molecule has 90 valence electrons. The molecule has 0 aliphatic heterocycles. The summed E-state index contributed by atoms with van der Waals surface area (Å²) in [5.74, 6) is -0.293. The summed E-state index contributed by atoms with van der Waals surface area (Å²) >= 11 is 3.20. The molecule has 1 aliphatic carbocycles. The summed E-state index contributed by atoms with van der Waals surface area (Å²) in [6.07, 6.45) is 2.20. The molecule has 1 aromatic carbocycles. The first-order valence-electron chi connectivity index (χ1n) is 5.66. The molecule has 1 fully saturated rings. The normalized spacial score (nSPS) is 19.5. The third-order valence-corrected chi connectivity index (χ3v) is 4.04. The fourth-order valence-electron chi connectivity index (χ4n) is 2.59. The molecule has 0 unspecified atom stereocenters. The van der Waals surface area contributed by atoms with Gasteiger partial charge in [-0.25, -0.2) is 9.07 Å². The van der Waals surface area contributed by atoms with Crippen molar-refractivity contribution in [2.45, 2.75) is 32.7 Å². The Labute approximate surface area is 107 Å². The first kappa shape index (κ1) is 11.1. The molecule has 0 radical (unpaired) electrons. The van der Waals surface area contributed by atoms with Crippen molar-refractivity contribution < 1.29 is 4.39 Å². The van der Waals surface area contributed by atoms with Crippen LogP contribution in [0.1, 0.15) is 32.7 Å². The zero-order valence-electron chi connectivity index (χ0n) is 9.74. The zero-order valence-corrected chi connectivity index (χ0v) is 11.3. The molecule has 0 spiro atoms. The second-order valence-corrected chi connectivity index (χ2v) is 6.37. The largest absolute Gasteiger partial charge is 0.242 e. The highest BCUT2D eigenvalue weighted by Gasteiger charge is 2.38. The van der Waals surface area contributed by atoms with Crippen LogP contribution < -0.4 is 0 Å². The van der Waals surface area contributed by atoms with Crippen LogP contribution in [0.3, 0.4) is 0 Å². The number of nitrogens with zero attached hydrogens (tertiary/aromatic N) is 3. The summed E-state index contributed by atoms with van der Waals surface area (Å²) in [5.41, 5.74) is 1.91. The third-order valence-electron chi connectivity index (χ3n) is 3.44. The van der Waals surface area contributed by atoms with E-state index < -0.39 is 0 Å². The van der Waals surface area contributed by atoms with Crippen molar-refractivity contribution in [3.8, 4) is 0 Å². The molecule has 0 saturated heterocycles. The summed E-state index contributed by atoms with van der Waals surface area (Å²) in [6, 6.07) is 3.58. The lowest BCUT2D eigenvalue weighted by molar-refractivity contribution is 0.0966. The van der Waals surface area contributed by atoms with Crippen LogP contribution in [0.5, 0.6) is 0 Å². The third kappa shape index (κ3) is 1.76. The molecule has 3 rings (SSSR count). The molecule has 5 heteroatoms. The topological polar surface area (TPSA) is 30.7 Å². The van der Waals surface area contributed by atoms with Gasteiger partial charge in [0, 0.05) is 6.07 Å². The predicted octanol–water partition coefficient (Wildman–Crippen LogP) is 3.69. The lowest BCUT2D eigenvalue weighted by atomic mass is 9.68. The van der Waals surface area contributed by atoms with E-state index in [2.05, 4.69) is 40.1 Å². The van der Waals surface area contributed by atoms with Crippen molar-refractivity contribution in [2.24, 2.45) is 5.41 Å². The van der Waals surface area contributed by atoms with Crippen molar-refractivity contribution in [1.82, 2.24) is 15.0 Å². The Morgan fingerprint density at radius 1 is 1.41 bits per heavy atom. The highest BCUT2D eigenvalue weighted by Crippen LogP contribution is 2.48. The van der Waals surface area contributed by atoms with Crippen LogP contribution in [0.2, 0.25) is 0 Å². The van der Waals surface area contributed by atoms with Crippen LogP contribution in [0.25, 0.3) is 11.0 Å². The lowest BCUT2D eigenvalue weighted by Crippen LogP contribution is -2.34. The van der Waals surface area contributed by atoms with E-state index in [0.717, 1.165) is 18.4 Å². The van der Waals surface area contributed by atoms with E-state index in [1.807, 2.05) is 4.68 Å². The summed E-state index contributed by atoms with van der Waals surface area (Å²) in [7, 11) is 0. The van der Waals surface area contributed by atoms with E-state index >= 15 is 0 Å². The predicted molar refractivity (Wildman–Crippen MR) is 67.2 cm³/mol. The molecule has 2 aromatic rings. The summed E-state index contributed by atoms with van der Waals surface area (Å²) < 4.78 is 15.7. The monoisotopic (exact) mass is 297 g/mol. The molecule has 17 heavy (non-hydrogen) atoms. The van der Waals surface area contributed by atoms with Gasteiger partial charge in [-0.3, -0.25) is 0 Å². The van der Waals surface area contributed by atoms with E-state index in [-0.39, 0.29) is 5.82 Å². The molecular weight excluding hydrogens is 285 g/mol. The number of aromatic nitrogens is 3. The Kier molecular flexibility index (Phi) is 2.30. The Hall–Kier alpha value is -0.970. The minimum Gasteiger partial charge on any atom is -0.242 e. The van der Waals surface area contributed by atoms with Gasteiger partial charge in [-0.2, -0.15) is 0 Å². The molecule has 1 saturated carbocycles. The number of fused-ring (bicyclic) bond motifs is 1. The Bertz CT molecular complexity index is 583. The van der Waals surface area contributed by atoms with Gasteiger partial charge in [0.05, 0.1) is 16.0 Å². The van der Waals surface area contributed by atoms with Crippen molar-refractivity contribution in [1.29, 1.82) is 0 Å². The van der Waals surface area contributed by atoms with Gasteiger partial charge in [0.2, 0.25) is 0 Å². The molecule has 1 aromatic heterocycles. The standard InChI is InChI=1S/C12H13BrFN3/c1-12(2)5-7(6-12)17-11-3-8(13)9(14)4-10(11)15-16-17/h3-4,7H,5-6H2,1-2H3. The first-order valence-corrected chi connectivity index (χ1v) is 6.45. The summed E-state index contributed by atoms with van der Waals surface area (Å²) in [6.45, 7) is 4.50. The molecule has 0 amide bonds. The van der Waals surface area contributed by atoms with E-state index in [1.54, 1.807) is 6.07 Å². The fraction of sp³-hybridized carbons (Fsp3) is 0.500. The first-order chi connectivity index (χ1) is 7.96. The van der Waals surface area contributed by atoms with Gasteiger partial charge in [-0.05, 0) is 40.3 Å². The van der Waals surface area contributed by atoms with Crippen LogP contribution in [-0.2, 0) is 0 Å². The molecule has 0 atom stereocenters. The van der Waals surface area contributed by atoms with Gasteiger partial charge in [0.1, 0.15) is 11.3 Å².